The lowest BCUT2D eigenvalue weighted by molar-refractivity contribution is 0.0696. The fraction of sp³-hybridized carbons (Fsp3) is 0.0571. The average Bonchev–Trinajstić information content (AvgIpc) is 3.35. The van der Waals surface area contributed by atoms with Gasteiger partial charge in [-0.2, -0.15) is 0 Å². The molecular formula is C35H25FN2O5. The lowest BCUT2D eigenvalue weighted by Gasteiger charge is -2.12. The number of carbonyl (C=O) groups is 2. The minimum Gasteiger partial charge on any atom is -0.478 e. The second kappa shape index (κ2) is 11.6. The van der Waals surface area contributed by atoms with Crippen molar-refractivity contribution in [1.82, 2.24) is 9.88 Å². The molecule has 0 saturated carbocycles. The third kappa shape index (κ3) is 5.85. The summed E-state index contributed by atoms with van der Waals surface area (Å²) in [7, 11) is 0. The third-order valence-corrected chi connectivity index (χ3v) is 7.24. The van der Waals surface area contributed by atoms with Crippen LogP contribution in [-0.4, -0.2) is 21.6 Å². The van der Waals surface area contributed by atoms with E-state index in [-0.39, 0.29) is 29.8 Å². The minimum absolute atomic E-state index is 0.129. The Morgan fingerprint density at radius 2 is 1.35 bits per heavy atom. The van der Waals surface area contributed by atoms with Gasteiger partial charge >= 0.3 is 11.7 Å². The zero-order valence-electron chi connectivity index (χ0n) is 22.8. The van der Waals surface area contributed by atoms with Crippen LogP contribution in [0.3, 0.4) is 0 Å². The van der Waals surface area contributed by atoms with Crippen LogP contribution in [-0.2, 0) is 13.1 Å². The van der Waals surface area contributed by atoms with Gasteiger partial charge in [0.05, 0.1) is 17.7 Å². The number of oxazole rings is 1. The SMILES string of the molecule is O=C(O)c1ccc(CNC(=O)c2cc(-c3ccc(F)cc3)cc3oc(=O)n(Cc4ccc(-c5ccccc5)cc4)c23)cc1. The molecule has 1 amide bonds. The normalized spacial score (nSPS) is 11.0. The van der Waals surface area contributed by atoms with Gasteiger partial charge in [-0.3, -0.25) is 9.36 Å². The maximum atomic E-state index is 13.6. The highest BCUT2D eigenvalue weighted by molar-refractivity contribution is 6.06. The fourth-order valence-corrected chi connectivity index (χ4v) is 4.99. The number of nitrogens with zero attached hydrogens (tertiary/aromatic N) is 1. The molecule has 0 spiro atoms. The van der Waals surface area contributed by atoms with Crippen molar-refractivity contribution in [2.75, 3.05) is 0 Å². The monoisotopic (exact) mass is 572 g/mol. The van der Waals surface area contributed by atoms with Crippen molar-refractivity contribution >= 4 is 23.0 Å². The number of amides is 1. The maximum absolute atomic E-state index is 13.6. The van der Waals surface area contributed by atoms with E-state index in [2.05, 4.69) is 5.32 Å². The van der Waals surface area contributed by atoms with Gasteiger partial charge < -0.3 is 14.8 Å². The van der Waals surface area contributed by atoms with Crippen LogP contribution in [0.4, 0.5) is 4.39 Å². The lowest BCUT2D eigenvalue weighted by atomic mass is 10.0. The molecule has 0 aliphatic heterocycles. The molecule has 0 fully saturated rings. The Morgan fingerprint density at radius 1 is 0.744 bits per heavy atom. The summed E-state index contributed by atoms with van der Waals surface area (Å²) in [5.41, 5.74) is 5.80. The number of carboxylic acids is 1. The molecule has 1 aromatic heterocycles. The van der Waals surface area contributed by atoms with Crippen LogP contribution in [0.15, 0.2) is 124 Å². The van der Waals surface area contributed by atoms with Crippen LogP contribution >= 0.6 is 0 Å². The molecule has 0 aliphatic rings. The number of benzene rings is 5. The summed E-state index contributed by atoms with van der Waals surface area (Å²) < 4.78 is 20.7. The molecule has 6 aromatic rings. The first-order valence-electron chi connectivity index (χ1n) is 13.5. The Balaban J connectivity index is 1.37. The Kier molecular flexibility index (Phi) is 7.41. The van der Waals surface area contributed by atoms with Gasteiger partial charge in [-0.05, 0) is 69.8 Å². The van der Waals surface area contributed by atoms with Gasteiger partial charge in [-0.1, -0.05) is 78.9 Å². The standard InChI is InChI=1S/C35H25FN2O5/c36-29-16-14-26(15-17-29)28-18-30(33(39)37-20-22-6-12-27(13-7-22)34(40)41)32-31(19-28)43-35(42)38(32)21-23-8-10-25(11-9-23)24-4-2-1-3-5-24/h1-19H,20-21H2,(H,37,39)(H,40,41). The number of carbonyl (C=O) groups excluding carboxylic acids is 1. The molecule has 0 unspecified atom stereocenters. The quantitative estimate of drug-likeness (QED) is 0.210. The predicted octanol–water partition coefficient (Wildman–Crippen LogP) is 6.74. The molecule has 5 aromatic carbocycles. The number of halogens is 1. The highest BCUT2D eigenvalue weighted by Gasteiger charge is 2.21. The van der Waals surface area contributed by atoms with E-state index in [0.717, 1.165) is 16.7 Å². The van der Waals surface area contributed by atoms with E-state index in [1.165, 1.54) is 28.8 Å². The van der Waals surface area contributed by atoms with E-state index in [1.807, 2.05) is 54.6 Å². The first-order chi connectivity index (χ1) is 20.9. The second-order valence-electron chi connectivity index (χ2n) is 10.1. The van der Waals surface area contributed by atoms with E-state index in [9.17, 15) is 18.8 Å². The summed E-state index contributed by atoms with van der Waals surface area (Å²) in [6.45, 7) is 0.303. The Hall–Kier alpha value is -5.76. The smallest absolute Gasteiger partial charge is 0.420 e. The molecule has 8 heteroatoms. The molecular weight excluding hydrogens is 547 g/mol. The van der Waals surface area contributed by atoms with Gasteiger partial charge in [0.1, 0.15) is 11.3 Å². The molecule has 0 aliphatic carbocycles. The number of rotatable bonds is 8. The molecule has 2 N–H and O–H groups in total. The molecule has 0 radical (unpaired) electrons. The van der Waals surface area contributed by atoms with Crippen molar-refractivity contribution in [3.8, 4) is 22.3 Å². The molecule has 6 rings (SSSR count). The molecule has 212 valence electrons. The Labute approximate surface area is 245 Å². The number of carboxylic acid groups (broad SMARTS) is 1. The summed E-state index contributed by atoms with van der Waals surface area (Å²) in [4.78, 5) is 37.9. The summed E-state index contributed by atoms with van der Waals surface area (Å²) in [6.07, 6.45) is 0. The van der Waals surface area contributed by atoms with E-state index >= 15 is 0 Å². The Morgan fingerprint density at radius 3 is 2.02 bits per heavy atom. The fourth-order valence-electron chi connectivity index (χ4n) is 4.99. The maximum Gasteiger partial charge on any atom is 0.420 e. The van der Waals surface area contributed by atoms with Gasteiger partial charge in [0.25, 0.3) is 5.91 Å². The minimum atomic E-state index is -1.04. The van der Waals surface area contributed by atoms with Crippen molar-refractivity contribution in [3.05, 3.63) is 154 Å². The van der Waals surface area contributed by atoms with Crippen LogP contribution in [0.1, 0.15) is 31.8 Å². The molecule has 0 atom stereocenters. The van der Waals surface area contributed by atoms with E-state index < -0.39 is 23.4 Å². The number of fused-ring (bicyclic) bond motifs is 1. The van der Waals surface area contributed by atoms with Crippen LogP contribution in [0.5, 0.6) is 0 Å². The van der Waals surface area contributed by atoms with Crippen molar-refractivity contribution in [2.24, 2.45) is 0 Å². The number of hydrogen-bond acceptors (Lipinski definition) is 4. The highest BCUT2D eigenvalue weighted by Crippen LogP contribution is 2.29. The van der Waals surface area contributed by atoms with Crippen molar-refractivity contribution < 1.29 is 23.5 Å². The first kappa shape index (κ1) is 27.4. The van der Waals surface area contributed by atoms with Gasteiger partial charge in [0.15, 0.2) is 5.58 Å². The molecule has 0 saturated heterocycles. The van der Waals surface area contributed by atoms with Gasteiger partial charge in [0, 0.05) is 6.54 Å². The topological polar surface area (TPSA) is 102 Å². The van der Waals surface area contributed by atoms with Crippen molar-refractivity contribution in [2.45, 2.75) is 13.1 Å². The zero-order chi connectivity index (χ0) is 29.9. The van der Waals surface area contributed by atoms with Gasteiger partial charge in [0.2, 0.25) is 0 Å². The molecule has 43 heavy (non-hydrogen) atoms. The van der Waals surface area contributed by atoms with Crippen molar-refractivity contribution in [3.63, 3.8) is 0 Å². The van der Waals surface area contributed by atoms with Crippen molar-refractivity contribution in [1.29, 1.82) is 0 Å². The lowest BCUT2D eigenvalue weighted by Crippen LogP contribution is -2.24. The predicted molar refractivity (Wildman–Crippen MR) is 161 cm³/mol. The summed E-state index contributed by atoms with van der Waals surface area (Å²) in [5, 5.41) is 12.0. The Bertz CT molecular complexity index is 1990. The van der Waals surface area contributed by atoms with E-state index in [0.29, 0.717) is 22.2 Å². The molecule has 0 bridgehead atoms. The second-order valence-corrected chi connectivity index (χ2v) is 10.1. The first-order valence-corrected chi connectivity index (χ1v) is 13.5. The zero-order valence-corrected chi connectivity index (χ0v) is 22.8. The van der Waals surface area contributed by atoms with Gasteiger partial charge in [-0.15, -0.1) is 0 Å². The van der Waals surface area contributed by atoms with Crippen LogP contribution < -0.4 is 11.1 Å². The number of aromatic carboxylic acids is 1. The largest absolute Gasteiger partial charge is 0.478 e. The number of hydrogen-bond donors (Lipinski definition) is 2. The third-order valence-electron chi connectivity index (χ3n) is 7.24. The van der Waals surface area contributed by atoms with Gasteiger partial charge in [-0.25, -0.2) is 14.0 Å². The van der Waals surface area contributed by atoms with Crippen LogP contribution in [0, 0.1) is 5.82 Å². The summed E-state index contributed by atoms with van der Waals surface area (Å²) >= 11 is 0. The molecule has 1 heterocycles. The average molecular weight is 573 g/mol. The summed E-state index contributed by atoms with van der Waals surface area (Å²) in [6, 6.07) is 33.1. The summed E-state index contributed by atoms with van der Waals surface area (Å²) in [5.74, 6) is -2.50. The highest BCUT2D eigenvalue weighted by atomic mass is 19.1. The molecule has 7 nitrogen and oxygen atoms in total. The van der Waals surface area contributed by atoms with Crippen LogP contribution in [0.2, 0.25) is 0 Å². The van der Waals surface area contributed by atoms with E-state index in [4.69, 9.17) is 9.52 Å². The number of aromatic nitrogens is 1. The van der Waals surface area contributed by atoms with Crippen LogP contribution in [0.25, 0.3) is 33.4 Å². The van der Waals surface area contributed by atoms with E-state index in [1.54, 1.807) is 36.4 Å². The number of nitrogens with one attached hydrogen (secondary N) is 1.